The van der Waals surface area contributed by atoms with Gasteiger partial charge in [-0.15, -0.1) is 0 Å². The lowest BCUT2D eigenvalue weighted by Gasteiger charge is -2.29. The summed E-state index contributed by atoms with van der Waals surface area (Å²) in [6, 6.07) is -0.489. The molecule has 0 amide bonds. The molecule has 1 aliphatic rings. The van der Waals surface area contributed by atoms with Crippen LogP contribution in [-0.4, -0.2) is 30.7 Å². The predicted octanol–water partition coefficient (Wildman–Crippen LogP) is 0.655. The third-order valence-corrected chi connectivity index (χ3v) is 2.52. The van der Waals surface area contributed by atoms with Gasteiger partial charge in [0.2, 0.25) is 0 Å². The number of carbonyl (C=O) groups excluding carboxylic acids is 1. The van der Waals surface area contributed by atoms with Crippen molar-refractivity contribution < 1.29 is 9.53 Å². The Labute approximate surface area is 91.5 Å². The fraction of sp³-hybridized carbons (Fsp3) is 0.909. The number of hydrogen-bond acceptors (Lipinski definition) is 4. The van der Waals surface area contributed by atoms with E-state index in [1.807, 2.05) is 20.8 Å². The van der Waals surface area contributed by atoms with Crippen molar-refractivity contribution in [3.63, 3.8) is 0 Å². The number of esters is 1. The number of ether oxygens (including phenoxy) is 1. The number of piperidine rings is 1. The first-order chi connectivity index (χ1) is 6.90. The first kappa shape index (κ1) is 12.5. The van der Waals surface area contributed by atoms with E-state index in [1.165, 1.54) is 0 Å². The highest BCUT2D eigenvalue weighted by Crippen LogP contribution is 2.16. The molecule has 0 aromatic rings. The molecular weight excluding hydrogens is 192 g/mol. The van der Waals surface area contributed by atoms with Crippen LogP contribution in [0.1, 0.15) is 33.6 Å². The Morgan fingerprint density at radius 1 is 1.53 bits per heavy atom. The standard InChI is InChI=1S/C11H22N2O2/c1-11(2,3)15-10(14)9(12)8-5-4-6-13-7-8/h8-9,13H,4-7,12H2,1-3H3/t8-,9-/m1/s1. The van der Waals surface area contributed by atoms with E-state index in [0.717, 1.165) is 25.9 Å². The van der Waals surface area contributed by atoms with E-state index >= 15 is 0 Å². The first-order valence-corrected chi connectivity index (χ1v) is 5.59. The molecule has 0 saturated carbocycles. The summed E-state index contributed by atoms with van der Waals surface area (Å²) in [4.78, 5) is 11.7. The highest BCUT2D eigenvalue weighted by Gasteiger charge is 2.29. The molecule has 1 fully saturated rings. The van der Waals surface area contributed by atoms with E-state index in [0.29, 0.717) is 0 Å². The lowest BCUT2D eigenvalue weighted by Crippen LogP contribution is -2.47. The van der Waals surface area contributed by atoms with Gasteiger partial charge in [-0.25, -0.2) is 0 Å². The first-order valence-electron chi connectivity index (χ1n) is 5.59. The van der Waals surface area contributed by atoms with Gasteiger partial charge in [0.05, 0.1) is 0 Å². The van der Waals surface area contributed by atoms with E-state index in [2.05, 4.69) is 5.32 Å². The second-order valence-corrected chi connectivity index (χ2v) is 5.17. The molecule has 0 aromatic carbocycles. The van der Waals surface area contributed by atoms with Crippen LogP contribution in [0.3, 0.4) is 0 Å². The average Bonchev–Trinajstić information content (AvgIpc) is 2.15. The monoisotopic (exact) mass is 214 g/mol. The van der Waals surface area contributed by atoms with Crippen molar-refractivity contribution in [2.45, 2.75) is 45.3 Å². The topological polar surface area (TPSA) is 64.3 Å². The Bertz CT molecular complexity index is 217. The zero-order valence-corrected chi connectivity index (χ0v) is 9.88. The highest BCUT2D eigenvalue weighted by molar-refractivity contribution is 5.76. The van der Waals surface area contributed by atoms with Crippen LogP contribution < -0.4 is 11.1 Å². The largest absolute Gasteiger partial charge is 0.459 e. The number of carbonyl (C=O) groups is 1. The van der Waals surface area contributed by atoms with Crippen LogP contribution in [0.25, 0.3) is 0 Å². The van der Waals surface area contributed by atoms with Crippen LogP contribution in [0.2, 0.25) is 0 Å². The minimum atomic E-state index is -0.489. The van der Waals surface area contributed by atoms with Crippen LogP contribution >= 0.6 is 0 Å². The second kappa shape index (κ2) is 4.94. The molecule has 2 atom stereocenters. The maximum atomic E-state index is 11.7. The van der Waals surface area contributed by atoms with Crippen molar-refractivity contribution in [2.24, 2.45) is 11.7 Å². The molecule has 88 valence electrons. The zero-order valence-electron chi connectivity index (χ0n) is 9.88. The van der Waals surface area contributed by atoms with Gasteiger partial charge in [-0.3, -0.25) is 4.79 Å². The third kappa shape index (κ3) is 4.18. The lowest BCUT2D eigenvalue weighted by molar-refractivity contribution is -0.158. The van der Waals surface area contributed by atoms with Gasteiger partial charge in [-0.1, -0.05) is 0 Å². The Morgan fingerprint density at radius 3 is 2.67 bits per heavy atom. The maximum Gasteiger partial charge on any atom is 0.323 e. The van der Waals surface area contributed by atoms with Gasteiger partial charge in [-0.05, 0) is 46.1 Å². The van der Waals surface area contributed by atoms with Gasteiger partial charge in [0.15, 0.2) is 0 Å². The SMILES string of the molecule is CC(C)(C)OC(=O)[C@H](N)[C@@H]1CCCNC1. The van der Waals surface area contributed by atoms with E-state index in [-0.39, 0.29) is 11.9 Å². The average molecular weight is 214 g/mol. The van der Waals surface area contributed by atoms with Gasteiger partial charge >= 0.3 is 5.97 Å². The summed E-state index contributed by atoms with van der Waals surface area (Å²) in [6.45, 7) is 7.42. The molecule has 3 N–H and O–H groups in total. The molecule has 0 aromatic heterocycles. The minimum Gasteiger partial charge on any atom is -0.459 e. The summed E-state index contributed by atoms with van der Waals surface area (Å²) in [5.74, 6) is -0.0650. The van der Waals surface area contributed by atoms with Gasteiger partial charge in [0.25, 0.3) is 0 Å². The maximum absolute atomic E-state index is 11.7. The highest BCUT2D eigenvalue weighted by atomic mass is 16.6. The molecule has 0 unspecified atom stereocenters. The van der Waals surface area contributed by atoms with Crippen molar-refractivity contribution in [3.8, 4) is 0 Å². The Kier molecular flexibility index (Phi) is 4.11. The molecule has 1 aliphatic heterocycles. The summed E-state index contributed by atoms with van der Waals surface area (Å²) in [7, 11) is 0. The number of rotatable bonds is 2. The molecule has 0 aliphatic carbocycles. The van der Waals surface area contributed by atoms with Gasteiger partial charge in [0.1, 0.15) is 11.6 Å². The van der Waals surface area contributed by atoms with E-state index in [1.54, 1.807) is 0 Å². The Balaban J connectivity index is 2.44. The van der Waals surface area contributed by atoms with E-state index in [9.17, 15) is 4.79 Å². The lowest BCUT2D eigenvalue weighted by atomic mass is 9.92. The van der Waals surface area contributed by atoms with Crippen LogP contribution in [0.15, 0.2) is 0 Å². The second-order valence-electron chi connectivity index (χ2n) is 5.17. The molecule has 1 heterocycles. The van der Waals surface area contributed by atoms with Crippen LogP contribution in [0, 0.1) is 5.92 Å². The Morgan fingerprint density at radius 2 is 2.20 bits per heavy atom. The van der Waals surface area contributed by atoms with Crippen molar-refractivity contribution >= 4 is 5.97 Å². The van der Waals surface area contributed by atoms with Crippen LogP contribution in [0.5, 0.6) is 0 Å². The summed E-state index contributed by atoms with van der Waals surface area (Å²) >= 11 is 0. The normalized spacial score (nSPS) is 24.7. The van der Waals surface area contributed by atoms with Crippen molar-refractivity contribution in [2.75, 3.05) is 13.1 Å². The zero-order chi connectivity index (χ0) is 11.5. The van der Waals surface area contributed by atoms with Crippen LogP contribution in [0.4, 0.5) is 0 Å². The molecule has 4 heteroatoms. The molecule has 1 saturated heterocycles. The summed E-state index contributed by atoms with van der Waals surface area (Å²) < 4.78 is 5.26. The van der Waals surface area contributed by atoms with Gasteiger partial charge in [0, 0.05) is 6.54 Å². The molecule has 0 radical (unpaired) electrons. The molecule has 0 bridgehead atoms. The number of hydrogen-bond donors (Lipinski definition) is 2. The summed E-state index contributed by atoms with van der Waals surface area (Å²) in [5, 5.41) is 3.25. The molecular formula is C11H22N2O2. The van der Waals surface area contributed by atoms with Crippen molar-refractivity contribution in [1.29, 1.82) is 0 Å². The molecule has 15 heavy (non-hydrogen) atoms. The third-order valence-electron chi connectivity index (χ3n) is 2.52. The number of nitrogens with one attached hydrogen (secondary N) is 1. The van der Waals surface area contributed by atoms with Crippen LogP contribution in [-0.2, 0) is 9.53 Å². The molecule has 1 rings (SSSR count). The van der Waals surface area contributed by atoms with Gasteiger partial charge in [-0.2, -0.15) is 0 Å². The predicted molar refractivity (Wildman–Crippen MR) is 59.4 cm³/mol. The fourth-order valence-electron chi connectivity index (χ4n) is 1.75. The summed E-state index contributed by atoms with van der Waals surface area (Å²) in [5.41, 5.74) is 5.44. The molecule has 0 spiro atoms. The fourth-order valence-corrected chi connectivity index (χ4v) is 1.75. The Hall–Kier alpha value is -0.610. The number of nitrogens with two attached hydrogens (primary N) is 1. The van der Waals surface area contributed by atoms with E-state index in [4.69, 9.17) is 10.5 Å². The quantitative estimate of drug-likeness (QED) is 0.663. The van der Waals surface area contributed by atoms with Crippen molar-refractivity contribution in [1.82, 2.24) is 5.32 Å². The van der Waals surface area contributed by atoms with E-state index < -0.39 is 11.6 Å². The minimum absolute atomic E-state index is 0.216. The molecule has 4 nitrogen and oxygen atoms in total. The smallest absolute Gasteiger partial charge is 0.323 e. The van der Waals surface area contributed by atoms with Gasteiger partial charge < -0.3 is 15.8 Å². The van der Waals surface area contributed by atoms with Crippen molar-refractivity contribution in [3.05, 3.63) is 0 Å². The summed E-state index contributed by atoms with van der Waals surface area (Å²) in [6.07, 6.45) is 2.09.